The van der Waals surface area contributed by atoms with Crippen molar-refractivity contribution in [1.29, 1.82) is 0 Å². The number of hydrogen-bond donors (Lipinski definition) is 1. The van der Waals surface area contributed by atoms with E-state index in [1.807, 2.05) is 27.7 Å². The first-order chi connectivity index (χ1) is 8.76. The topological polar surface area (TPSA) is 58.2 Å². The number of likely N-dealkylation sites (tertiary alicyclic amines) is 1. The Balaban J connectivity index is 0.00000200. The van der Waals surface area contributed by atoms with E-state index in [1.165, 1.54) is 0 Å². The molecule has 0 spiro atoms. The van der Waals surface area contributed by atoms with Crippen LogP contribution in [0.2, 0.25) is 0 Å². The minimum Gasteiger partial charge on any atom is -0.444 e. The summed E-state index contributed by atoms with van der Waals surface area (Å²) in [7, 11) is 0. The van der Waals surface area contributed by atoms with Gasteiger partial charge in [0.1, 0.15) is 11.4 Å². The molecule has 1 aliphatic rings. The lowest BCUT2D eigenvalue weighted by Gasteiger charge is -2.27. The molecule has 1 amide bonds. The molecular weight excluding hydrogens is 242 g/mol. The van der Waals surface area contributed by atoms with Crippen LogP contribution >= 0.6 is 0 Å². The molecule has 0 unspecified atom stereocenters. The maximum Gasteiger partial charge on any atom is 0.410 e. The number of nitrogens with zero attached hydrogens (tertiary/aromatic N) is 2. The second kappa shape index (κ2) is 4.87. The number of nitrogens with one attached hydrogen (secondary N) is 1. The minimum atomic E-state index is -0.466. The van der Waals surface area contributed by atoms with Crippen molar-refractivity contribution in [1.82, 2.24) is 14.9 Å². The molecular formula is C14H25N3O2. The number of hydrogen-bond acceptors (Lipinski definition) is 3. The van der Waals surface area contributed by atoms with E-state index >= 15 is 0 Å². The van der Waals surface area contributed by atoms with Crippen molar-refractivity contribution in [3.63, 3.8) is 0 Å². The van der Waals surface area contributed by atoms with Crippen molar-refractivity contribution in [2.45, 2.75) is 52.7 Å². The zero-order valence-corrected chi connectivity index (χ0v) is 12.4. The standard InChI is InChI=1S/C14H23N3O2.H2/c1-9-6-11(12-15-7-10(2)16-12)17(8-9)13(18)19-14(3,4)5;/h7,9,11H,6,8H2,1-5H3,(H,15,16);1H/t9-,11-;/m0./s1. The molecule has 1 N–H and O–H groups in total. The van der Waals surface area contributed by atoms with Gasteiger partial charge in [-0.15, -0.1) is 0 Å². The molecule has 1 saturated heterocycles. The predicted octanol–water partition coefficient (Wildman–Crippen LogP) is 3.28. The number of carbonyl (C=O) groups is 1. The maximum absolute atomic E-state index is 12.3. The smallest absolute Gasteiger partial charge is 0.410 e. The molecule has 1 fully saturated rings. The summed E-state index contributed by atoms with van der Waals surface area (Å²) >= 11 is 0. The highest BCUT2D eigenvalue weighted by Crippen LogP contribution is 2.34. The summed E-state index contributed by atoms with van der Waals surface area (Å²) in [6.45, 7) is 10.5. The monoisotopic (exact) mass is 267 g/mol. The van der Waals surface area contributed by atoms with E-state index in [4.69, 9.17) is 4.74 Å². The Kier molecular flexibility index (Phi) is 3.56. The van der Waals surface area contributed by atoms with E-state index in [0.29, 0.717) is 5.92 Å². The Morgan fingerprint density at radius 1 is 1.58 bits per heavy atom. The molecule has 2 rings (SSSR count). The number of amides is 1. The van der Waals surface area contributed by atoms with Crippen molar-refractivity contribution < 1.29 is 11.0 Å². The molecule has 0 saturated carbocycles. The quantitative estimate of drug-likeness (QED) is 0.849. The zero-order valence-electron chi connectivity index (χ0n) is 12.4. The van der Waals surface area contributed by atoms with Crippen molar-refractivity contribution in [2.24, 2.45) is 5.92 Å². The van der Waals surface area contributed by atoms with Gasteiger partial charge in [0.25, 0.3) is 0 Å². The van der Waals surface area contributed by atoms with Crippen LogP contribution < -0.4 is 0 Å². The van der Waals surface area contributed by atoms with Gasteiger partial charge in [-0.2, -0.15) is 0 Å². The maximum atomic E-state index is 12.3. The van der Waals surface area contributed by atoms with Crippen molar-refractivity contribution in [2.75, 3.05) is 6.54 Å². The van der Waals surface area contributed by atoms with Gasteiger partial charge in [-0.1, -0.05) is 6.92 Å². The second-order valence-electron chi connectivity index (χ2n) is 6.44. The van der Waals surface area contributed by atoms with Crippen LogP contribution in [0, 0.1) is 12.8 Å². The van der Waals surface area contributed by atoms with Gasteiger partial charge < -0.3 is 9.72 Å². The van der Waals surface area contributed by atoms with Crippen LogP contribution in [0.5, 0.6) is 0 Å². The number of carbonyl (C=O) groups excluding carboxylic acids is 1. The highest BCUT2D eigenvalue weighted by atomic mass is 16.6. The third kappa shape index (κ3) is 3.28. The highest BCUT2D eigenvalue weighted by Gasteiger charge is 2.37. The lowest BCUT2D eigenvalue weighted by atomic mass is 10.1. The fourth-order valence-corrected chi connectivity index (χ4v) is 2.43. The average molecular weight is 267 g/mol. The first-order valence-electron chi connectivity index (χ1n) is 6.77. The summed E-state index contributed by atoms with van der Waals surface area (Å²) in [6.07, 6.45) is 2.47. The van der Waals surface area contributed by atoms with E-state index in [0.717, 1.165) is 24.5 Å². The molecule has 0 aliphatic carbocycles. The fourth-order valence-electron chi connectivity index (χ4n) is 2.43. The van der Waals surface area contributed by atoms with Gasteiger partial charge in [0.15, 0.2) is 0 Å². The summed E-state index contributed by atoms with van der Waals surface area (Å²) in [4.78, 5) is 21.6. The second-order valence-corrected chi connectivity index (χ2v) is 6.44. The molecule has 5 nitrogen and oxygen atoms in total. The number of aromatic amines is 1. The third-order valence-corrected chi connectivity index (χ3v) is 3.18. The van der Waals surface area contributed by atoms with Crippen LogP contribution in [-0.4, -0.2) is 33.1 Å². The zero-order chi connectivity index (χ0) is 14.2. The summed E-state index contributed by atoms with van der Waals surface area (Å²) in [6, 6.07) is -0.00134. The third-order valence-electron chi connectivity index (χ3n) is 3.18. The Labute approximate surface area is 115 Å². The summed E-state index contributed by atoms with van der Waals surface area (Å²) in [5.74, 6) is 1.32. The molecule has 5 heteroatoms. The Hall–Kier alpha value is -1.52. The van der Waals surface area contributed by atoms with Crippen LogP contribution in [-0.2, 0) is 4.74 Å². The van der Waals surface area contributed by atoms with Gasteiger partial charge in [-0.25, -0.2) is 9.78 Å². The number of rotatable bonds is 1. The normalized spacial score (nSPS) is 23.7. The Bertz CT molecular complexity index is 467. The van der Waals surface area contributed by atoms with Crippen LogP contribution in [0.4, 0.5) is 4.79 Å². The molecule has 19 heavy (non-hydrogen) atoms. The van der Waals surface area contributed by atoms with Crippen LogP contribution in [0.1, 0.15) is 53.1 Å². The van der Waals surface area contributed by atoms with Crippen molar-refractivity contribution in [3.8, 4) is 0 Å². The van der Waals surface area contributed by atoms with Crippen molar-refractivity contribution in [3.05, 3.63) is 17.7 Å². The van der Waals surface area contributed by atoms with Crippen LogP contribution in [0.15, 0.2) is 6.20 Å². The van der Waals surface area contributed by atoms with Gasteiger partial charge in [0.05, 0.1) is 6.04 Å². The van der Waals surface area contributed by atoms with E-state index in [-0.39, 0.29) is 13.6 Å². The predicted molar refractivity (Wildman–Crippen MR) is 74.9 cm³/mol. The van der Waals surface area contributed by atoms with E-state index in [9.17, 15) is 4.79 Å². The molecule has 1 aliphatic heterocycles. The Morgan fingerprint density at radius 3 is 2.79 bits per heavy atom. The van der Waals surface area contributed by atoms with Gasteiger partial charge in [0, 0.05) is 19.9 Å². The fraction of sp³-hybridized carbons (Fsp3) is 0.714. The van der Waals surface area contributed by atoms with E-state index in [1.54, 1.807) is 11.1 Å². The number of aryl methyl sites for hydroxylation is 1. The van der Waals surface area contributed by atoms with Gasteiger partial charge >= 0.3 is 6.09 Å². The number of imidazole rings is 1. The van der Waals surface area contributed by atoms with E-state index in [2.05, 4.69) is 16.9 Å². The van der Waals surface area contributed by atoms with Gasteiger partial charge in [-0.3, -0.25) is 4.90 Å². The Morgan fingerprint density at radius 2 is 2.26 bits per heavy atom. The van der Waals surface area contributed by atoms with Crippen molar-refractivity contribution >= 4 is 6.09 Å². The van der Waals surface area contributed by atoms with Gasteiger partial charge in [-0.05, 0) is 40.0 Å². The average Bonchev–Trinajstić information content (AvgIpc) is 2.81. The first-order valence-corrected chi connectivity index (χ1v) is 6.77. The van der Waals surface area contributed by atoms with Gasteiger partial charge in [0.2, 0.25) is 0 Å². The SMILES string of the molecule is Cc1cnc([C@@H]2C[C@H](C)CN2C(=O)OC(C)(C)C)[nH]1.[HH]. The highest BCUT2D eigenvalue weighted by molar-refractivity contribution is 5.69. The lowest BCUT2D eigenvalue weighted by Crippen LogP contribution is -2.37. The molecule has 1 aromatic rings. The molecule has 1 aromatic heterocycles. The molecule has 2 heterocycles. The lowest BCUT2D eigenvalue weighted by molar-refractivity contribution is 0.0214. The minimum absolute atomic E-state index is 0. The summed E-state index contributed by atoms with van der Waals surface area (Å²) in [5, 5.41) is 0. The van der Waals surface area contributed by atoms with Crippen LogP contribution in [0.25, 0.3) is 0 Å². The molecule has 0 radical (unpaired) electrons. The molecule has 108 valence electrons. The number of H-pyrrole nitrogens is 1. The van der Waals surface area contributed by atoms with E-state index < -0.39 is 5.60 Å². The number of ether oxygens (including phenoxy) is 1. The summed E-state index contributed by atoms with van der Waals surface area (Å²) in [5.41, 5.74) is 0.547. The number of aromatic nitrogens is 2. The van der Waals surface area contributed by atoms with Crippen LogP contribution in [0.3, 0.4) is 0 Å². The first kappa shape index (κ1) is 13.9. The largest absolute Gasteiger partial charge is 0.444 e. The molecule has 0 bridgehead atoms. The molecule has 2 atom stereocenters. The summed E-state index contributed by atoms with van der Waals surface area (Å²) < 4.78 is 5.47. The molecule has 0 aromatic carbocycles.